The summed E-state index contributed by atoms with van der Waals surface area (Å²) in [6, 6.07) is 30.9. The van der Waals surface area contributed by atoms with E-state index in [0.717, 1.165) is 28.3 Å². The lowest BCUT2D eigenvalue weighted by atomic mass is 9.96. The zero-order chi connectivity index (χ0) is 29.9. The van der Waals surface area contributed by atoms with Gasteiger partial charge in [0.05, 0.1) is 23.5 Å². The highest BCUT2D eigenvalue weighted by molar-refractivity contribution is 7.80. The van der Waals surface area contributed by atoms with Gasteiger partial charge >= 0.3 is 0 Å². The standard InChI is InChI=1S/C34H30FN5O2S/c1-22-20-27(23(2)39(22)30-14-7-6-12-28(30)35)33-32(29-13-8-9-19-36-29)38-34(43)40(33)25-17-15-24(16-18-25)37-31(41)21-42-26-10-4-3-5-11-26/h3-20,32-33H,21H2,1-2H3,(H,37,41)(H,38,43)/t32-,33+/m1/s1. The minimum atomic E-state index is -0.291. The van der Waals surface area contributed by atoms with Gasteiger partial charge in [-0.15, -0.1) is 0 Å². The first-order chi connectivity index (χ1) is 20.9. The van der Waals surface area contributed by atoms with Crippen molar-refractivity contribution in [3.05, 3.63) is 138 Å². The maximum Gasteiger partial charge on any atom is 0.262 e. The van der Waals surface area contributed by atoms with Gasteiger partial charge in [0.15, 0.2) is 11.7 Å². The Kier molecular flexibility index (Phi) is 7.89. The molecule has 0 radical (unpaired) electrons. The number of nitrogens with one attached hydrogen (secondary N) is 2. The van der Waals surface area contributed by atoms with Crippen LogP contribution in [0.3, 0.4) is 0 Å². The molecule has 0 bridgehead atoms. The summed E-state index contributed by atoms with van der Waals surface area (Å²) in [5.41, 5.74) is 5.64. The number of aromatic nitrogens is 2. The summed E-state index contributed by atoms with van der Waals surface area (Å²) in [7, 11) is 0. The van der Waals surface area contributed by atoms with E-state index in [1.165, 1.54) is 6.07 Å². The molecule has 1 saturated heterocycles. The molecule has 1 aliphatic rings. The summed E-state index contributed by atoms with van der Waals surface area (Å²) in [4.78, 5) is 19.2. The molecule has 3 heterocycles. The largest absolute Gasteiger partial charge is 0.484 e. The third kappa shape index (κ3) is 5.72. The summed E-state index contributed by atoms with van der Waals surface area (Å²) in [5, 5.41) is 6.91. The molecule has 2 N–H and O–H groups in total. The highest BCUT2D eigenvalue weighted by Gasteiger charge is 2.42. The first-order valence-corrected chi connectivity index (χ1v) is 14.3. The van der Waals surface area contributed by atoms with Crippen LogP contribution in [-0.4, -0.2) is 27.2 Å². The number of halogens is 1. The van der Waals surface area contributed by atoms with Gasteiger partial charge in [0.1, 0.15) is 11.6 Å². The van der Waals surface area contributed by atoms with Crippen molar-refractivity contribution in [2.75, 3.05) is 16.8 Å². The number of rotatable bonds is 8. The Bertz CT molecular complexity index is 1760. The van der Waals surface area contributed by atoms with Crippen molar-refractivity contribution in [3.63, 3.8) is 0 Å². The maximum absolute atomic E-state index is 14.9. The maximum atomic E-state index is 14.9. The van der Waals surface area contributed by atoms with Crippen molar-refractivity contribution in [2.45, 2.75) is 25.9 Å². The molecule has 0 aliphatic carbocycles. The molecule has 2 atom stereocenters. The second-order valence-corrected chi connectivity index (χ2v) is 10.7. The predicted octanol–water partition coefficient (Wildman–Crippen LogP) is 6.82. The molecule has 1 fully saturated rings. The lowest BCUT2D eigenvalue weighted by molar-refractivity contribution is -0.118. The SMILES string of the molecule is Cc1cc([C@H]2[C@@H](c3ccccn3)NC(=S)N2c2ccc(NC(=O)COc3ccccc3)cc2)c(C)n1-c1ccccc1F. The molecule has 0 spiro atoms. The van der Waals surface area contributed by atoms with Crippen molar-refractivity contribution < 1.29 is 13.9 Å². The predicted molar refractivity (Wildman–Crippen MR) is 170 cm³/mol. The van der Waals surface area contributed by atoms with Crippen molar-refractivity contribution in [1.82, 2.24) is 14.9 Å². The number of ether oxygens (including phenoxy) is 1. The third-order valence-electron chi connectivity index (χ3n) is 7.52. The smallest absolute Gasteiger partial charge is 0.262 e. The zero-order valence-electron chi connectivity index (χ0n) is 23.7. The second-order valence-electron chi connectivity index (χ2n) is 10.3. The van der Waals surface area contributed by atoms with E-state index in [1.54, 1.807) is 30.5 Å². The molecule has 2 aromatic heterocycles. The summed E-state index contributed by atoms with van der Waals surface area (Å²) in [6.07, 6.45) is 1.77. The van der Waals surface area contributed by atoms with Crippen molar-refractivity contribution >= 4 is 34.6 Å². The Morgan fingerprint density at radius 3 is 2.42 bits per heavy atom. The summed E-state index contributed by atoms with van der Waals surface area (Å²) in [5.74, 6) is 0.0791. The summed E-state index contributed by atoms with van der Waals surface area (Å²) in [6.45, 7) is 3.88. The minimum absolute atomic E-state index is 0.0998. The Labute approximate surface area is 255 Å². The van der Waals surface area contributed by atoms with E-state index < -0.39 is 0 Å². The molecule has 1 amide bonds. The van der Waals surface area contributed by atoms with Crippen LogP contribution < -0.4 is 20.3 Å². The monoisotopic (exact) mass is 591 g/mol. The molecule has 3 aromatic carbocycles. The van der Waals surface area contributed by atoms with Gasteiger partial charge in [-0.3, -0.25) is 9.78 Å². The first kappa shape index (κ1) is 28.1. The number of amides is 1. The number of benzene rings is 3. The van der Waals surface area contributed by atoms with Crippen LogP contribution in [0, 0.1) is 19.7 Å². The van der Waals surface area contributed by atoms with E-state index in [2.05, 4.69) is 26.6 Å². The highest BCUT2D eigenvalue weighted by Crippen LogP contribution is 2.44. The Hall–Kier alpha value is -5.02. The number of thiocarbonyl (C=S) groups is 1. The van der Waals surface area contributed by atoms with Gasteiger partial charge in [-0.05, 0) is 98.4 Å². The fourth-order valence-electron chi connectivity index (χ4n) is 5.61. The average molecular weight is 592 g/mol. The van der Waals surface area contributed by atoms with Crippen molar-refractivity contribution in [2.24, 2.45) is 0 Å². The molecule has 6 rings (SSSR count). The van der Waals surface area contributed by atoms with E-state index in [1.807, 2.05) is 85.1 Å². The lowest BCUT2D eigenvalue weighted by Crippen LogP contribution is -2.29. The number of carbonyl (C=O) groups excluding carboxylic acids is 1. The Morgan fingerprint density at radius 1 is 0.977 bits per heavy atom. The number of para-hydroxylation sites is 2. The van der Waals surface area contributed by atoms with Gasteiger partial charge in [0.25, 0.3) is 5.91 Å². The minimum Gasteiger partial charge on any atom is -0.484 e. The molecule has 43 heavy (non-hydrogen) atoms. The molecule has 5 aromatic rings. The van der Waals surface area contributed by atoms with Gasteiger partial charge in [0, 0.05) is 29.0 Å². The van der Waals surface area contributed by atoms with Gasteiger partial charge in [-0.25, -0.2) is 4.39 Å². The highest BCUT2D eigenvalue weighted by atomic mass is 32.1. The molecule has 7 nitrogen and oxygen atoms in total. The molecule has 0 unspecified atom stereocenters. The van der Waals surface area contributed by atoms with E-state index in [0.29, 0.717) is 22.2 Å². The number of pyridine rings is 1. The van der Waals surface area contributed by atoms with Crippen LogP contribution in [0.1, 0.15) is 34.7 Å². The zero-order valence-corrected chi connectivity index (χ0v) is 24.5. The quantitative estimate of drug-likeness (QED) is 0.193. The number of anilines is 2. The average Bonchev–Trinajstić information content (AvgIpc) is 3.52. The van der Waals surface area contributed by atoms with Crippen LogP contribution in [0.15, 0.2) is 109 Å². The van der Waals surface area contributed by atoms with Crippen LogP contribution in [0.2, 0.25) is 0 Å². The molecule has 9 heteroatoms. The Balaban J connectivity index is 1.31. The molecule has 216 valence electrons. The van der Waals surface area contributed by atoms with Crippen molar-refractivity contribution in [1.29, 1.82) is 0 Å². The van der Waals surface area contributed by atoms with Crippen molar-refractivity contribution in [3.8, 4) is 11.4 Å². The van der Waals surface area contributed by atoms with Crippen LogP contribution >= 0.6 is 12.2 Å². The van der Waals surface area contributed by atoms with E-state index in [-0.39, 0.29) is 30.4 Å². The van der Waals surface area contributed by atoms with Gasteiger partial charge < -0.3 is 24.8 Å². The molecule has 1 aliphatic heterocycles. The molecular weight excluding hydrogens is 561 g/mol. The number of nitrogens with zero attached hydrogens (tertiary/aromatic N) is 3. The molecule has 0 saturated carbocycles. The van der Waals surface area contributed by atoms with E-state index >= 15 is 0 Å². The number of hydrogen-bond donors (Lipinski definition) is 2. The first-order valence-electron chi connectivity index (χ1n) is 13.9. The number of carbonyl (C=O) groups is 1. The summed E-state index contributed by atoms with van der Waals surface area (Å²) >= 11 is 5.89. The fourth-order valence-corrected chi connectivity index (χ4v) is 5.95. The van der Waals surface area contributed by atoms with Gasteiger partial charge in [-0.1, -0.05) is 36.4 Å². The number of hydrogen-bond acceptors (Lipinski definition) is 4. The van der Waals surface area contributed by atoms with E-state index in [4.69, 9.17) is 17.0 Å². The van der Waals surface area contributed by atoms with Gasteiger partial charge in [-0.2, -0.15) is 0 Å². The van der Waals surface area contributed by atoms with Crippen LogP contribution in [0.5, 0.6) is 5.75 Å². The van der Waals surface area contributed by atoms with Crippen LogP contribution in [0.4, 0.5) is 15.8 Å². The second kappa shape index (κ2) is 12.1. The lowest BCUT2D eigenvalue weighted by Gasteiger charge is -2.28. The topological polar surface area (TPSA) is 71.4 Å². The fraction of sp³-hybridized carbons (Fsp3) is 0.147. The normalized spacial score (nSPS) is 16.2. The van der Waals surface area contributed by atoms with Gasteiger partial charge in [0.2, 0.25) is 0 Å². The van der Waals surface area contributed by atoms with E-state index in [9.17, 15) is 9.18 Å². The number of aryl methyl sites for hydroxylation is 1. The van der Waals surface area contributed by atoms with Crippen LogP contribution in [0.25, 0.3) is 5.69 Å². The van der Waals surface area contributed by atoms with Crippen LogP contribution in [-0.2, 0) is 4.79 Å². The Morgan fingerprint density at radius 2 is 1.70 bits per heavy atom. The molecular formula is C34H30FN5O2S. The summed E-state index contributed by atoms with van der Waals surface area (Å²) < 4.78 is 22.4. The third-order valence-corrected chi connectivity index (χ3v) is 7.84.